The molecule has 1 aliphatic carbocycles. The molecule has 2 fully saturated rings. The van der Waals surface area contributed by atoms with E-state index in [1.54, 1.807) is 0 Å². The van der Waals surface area contributed by atoms with Crippen LogP contribution in [0.4, 0.5) is 5.69 Å². The minimum absolute atomic E-state index is 0.141. The summed E-state index contributed by atoms with van der Waals surface area (Å²) in [6.45, 7) is 2.70. The van der Waals surface area contributed by atoms with Gasteiger partial charge in [0.25, 0.3) is 5.91 Å². The number of likely N-dealkylation sites (tertiary alicyclic amines) is 1. The molecule has 1 aromatic heterocycles. The lowest BCUT2D eigenvalue weighted by Gasteiger charge is -2.34. The Hall–Kier alpha value is -2.30. The van der Waals surface area contributed by atoms with Gasteiger partial charge in [-0.1, -0.05) is 6.42 Å². The molecule has 1 aromatic carbocycles. The molecule has 4 rings (SSSR count). The molecule has 1 saturated heterocycles. The minimum Gasteiger partial charge on any atom is -0.378 e. The first-order chi connectivity index (χ1) is 13.1. The van der Waals surface area contributed by atoms with Crippen LogP contribution in [-0.4, -0.2) is 47.5 Å². The highest BCUT2D eigenvalue weighted by Crippen LogP contribution is 2.31. The topological polar surface area (TPSA) is 41.4 Å². The average Bonchev–Trinajstić information content (AvgIpc) is 3.13. The summed E-state index contributed by atoms with van der Waals surface area (Å²) < 4.78 is 2.34. The predicted octanol–water partition coefficient (Wildman–Crippen LogP) is 3.77. The van der Waals surface area contributed by atoms with Gasteiger partial charge in [0.15, 0.2) is 0 Å². The van der Waals surface area contributed by atoms with Gasteiger partial charge in [-0.2, -0.15) is 0 Å². The number of amides is 1. The number of imidazole rings is 1. The maximum absolute atomic E-state index is 13.0. The number of aromatic nitrogens is 2. The molecule has 1 saturated carbocycles. The van der Waals surface area contributed by atoms with Gasteiger partial charge < -0.3 is 14.4 Å². The fourth-order valence-electron chi connectivity index (χ4n) is 4.25. The van der Waals surface area contributed by atoms with Crippen molar-refractivity contribution in [1.82, 2.24) is 14.5 Å². The molecule has 5 heteroatoms. The summed E-state index contributed by atoms with van der Waals surface area (Å²) in [5, 5.41) is 0. The second-order valence-corrected chi connectivity index (χ2v) is 8.27. The van der Waals surface area contributed by atoms with Crippen molar-refractivity contribution in [3.63, 3.8) is 0 Å². The first kappa shape index (κ1) is 18.1. The third-order valence-corrected chi connectivity index (χ3v) is 6.13. The van der Waals surface area contributed by atoms with Gasteiger partial charge in [-0.25, -0.2) is 4.98 Å². The Labute approximate surface area is 162 Å². The van der Waals surface area contributed by atoms with Crippen LogP contribution in [-0.2, 0) is 6.54 Å². The van der Waals surface area contributed by atoms with Crippen LogP contribution in [0, 0.1) is 5.92 Å². The van der Waals surface area contributed by atoms with Crippen LogP contribution in [0.3, 0.4) is 0 Å². The van der Waals surface area contributed by atoms with Crippen LogP contribution in [0.25, 0.3) is 0 Å². The van der Waals surface area contributed by atoms with Crippen molar-refractivity contribution in [2.24, 2.45) is 5.92 Å². The van der Waals surface area contributed by atoms with Crippen LogP contribution < -0.4 is 4.90 Å². The highest BCUT2D eigenvalue weighted by molar-refractivity contribution is 5.94. The molecule has 144 valence electrons. The molecule has 2 aromatic rings. The van der Waals surface area contributed by atoms with Gasteiger partial charge >= 0.3 is 0 Å². The molecule has 1 aliphatic heterocycles. The Morgan fingerprint density at radius 2 is 1.93 bits per heavy atom. The molecule has 1 atom stereocenters. The summed E-state index contributed by atoms with van der Waals surface area (Å²) in [6.07, 6.45) is 10.3. The molecule has 5 nitrogen and oxygen atoms in total. The zero-order valence-corrected chi connectivity index (χ0v) is 16.5. The summed E-state index contributed by atoms with van der Waals surface area (Å²) in [5.74, 6) is 2.47. The molecule has 0 unspecified atom stereocenters. The van der Waals surface area contributed by atoms with Gasteiger partial charge in [0, 0.05) is 63.3 Å². The molecule has 1 amide bonds. The summed E-state index contributed by atoms with van der Waals surface area (Å²) in [5.41, 5.74) is 1.89. The lowest BCUT2D eigenvalue weighted by molar-refractivity contribution is 0.0702. The van der Waals surface area contributed by atoms with Crippen molar-refractivity contribution < 1.29 is 4.79 Å². The van der Waals surface area contributed by atoms with E-state index in [1.165, 1.54) is 25.1 Å². The fourth-order valence-corrected chi connectivity index (χ4v) is 4.25. The van der Waals surface area contributed by atoms with Gasteiger partial charge in [-0.3, -0.25) is 4.79 Å². The van der Waals surface area contributed by atoms with Crippen LogP contribution >= 0.6 is 0 Å². The first-order valence-electron chi connectivity index (χ1n) is 10.2. The van der Waals surface area contributed by atoms with Crippen molar-refractivity contribution in [3.8, 4) is 0 Å². The van der Waals surface area contributed by atoms with Crippen molar-refractivity contribution >= 4 is 11.6 Å². The maximum atomic E-state index is 13.0. The number of hydrogen-bond acceptors (Lipinski definition) is 3. The Morgan fingerprint density at radius 3 is 2.59 bits per heavy atom. The van der Waals surface area contributed by atoms with E-state index in [0.717, 1.165) is 49.6 Å². The van der Waals surface area contributed by atoms with Gasteiger partial charge in [-0.05, 0) is 55.9 Å². The smallest absolute Gasteiger partial charge is 0.253 e. The van der Waals surface area contributed by atoms with Crippen molar-refractivity contribution in [3.05, 3.63) is 48.0 Å². The number of nitrogens with zero attached hydrogens (tertiary/aromatic N) is 4. The Balaban J connectivity index is 1.45. The van der Waals surface area contributed by atoms with Crippen molar-refractivity contribution in [2.75, 3.05) is 32.1 Å². The molecule has 0 radical (unpaired) electrons. The third-order valence-electron chi connectivity index (χ3n) is 6.13. The van der Waals surface area contributed by atoms with Crippen LogP contribution in [0.15, 0.2) is 36.7 Å². The second kappa shape index (κ2) is 7.75. The predicted molar refractivity (Wildman–Crippen MR) is 108 cm³/mol. The number of rotatable bonds is 5. The highest BCUT2D eigenvalue weighted by atomic mass is 16.2. The van der Waals surface area contributed by atoms with E-state index >= 15 is 0 Å². The molecule has 0 spiro atoms. The third kappa shape index (κ3) is 3.87. The van der Waals surface area contributed by atoms with Gasteiger partial charge in [0.1, 0.15) is 5.82 Å². The first-order valence-corrected chi connectivity index (χ1v) is 10.2. The average molecular weight is 367 g/mol. The number of benzene rings is 1. The number of carbonyl (C=O) groups excluding carboxylic acids is 1. The van der Waals surface area contributed by atoms with Crippen molar-refractivity contribution in [2.45, 2.75) is 44.6 Å². The van der Waals surface area contributed by atoms with E-state index in [-0.39, 0.29) is 5.91 Å². The Bertz CT molecular complexity index is 776. The van der Waals surface area contributed by atoms with E-state index in [4.69, 9.17) is 0 Å². The van der Waals surface area contributed by atoms with E-state index in [1.807, 2.05) is 54.4 Å². The SMILES string of the molecule is CN(C)c1ccc(C(=O)N2CCC[C@H](c3nccn3CC3CCC3)C2)cc1. The molecular formula is C22H30N4O. The van der Waals surface area contributed by atoms with Gasteiger partial charge in [-0.15, -0.1) is 0 Å². The molecule has 2 heterocycles. The molecule has 27 heavy (non-hydrogen) atoms. The van der Waals surface area contributed by atoms with E-state index < -0.39 is 0 Å². The Morgan fingerprint density at radius 1 is 1.15 bits per heavy atom. The zero-order chi connectivity index (χ0) is 18.8. The zero-order valence-electron chi connectivity index (χ0n) is 16.5. The minimum atomic E-state index is 0.141. The van der Waals surface area contributed by atoms with Crippen LogP contribution in [0.5, 0.6) is 0 Å². The summed E-state index contributed by atoms with van der Waals surface area (Å²) in [4.78, 5) is 21.7. The number of anilines is 1. The number of hydrogen-bond donors (Lipinski definition) is 0. The number of piperidine rings is 1. The summed E-state index contributed by atoms with van der Waals surface area (Å²) in [7, 11) is 4.02. The van der Waals surface area contributed by atoms with Gasteiger partial charge in [0.05, 0.1) is 0 Å². The van der Waals surface area contributed by atoms with Crippen LogP contribution in [0.1, 0.15) is 54.2 Å². The lowest BCUT2D eigenvalue weighted by atomic mass is 9.85. The normalized spacial score (nSPS) is 20.4. The Kier molecular flexibility index (Phi) is 5.19. The van der Waals surface area contributed by atoms with E-state index in [2.05, 4.69) is 15.7 Å². The van der Waals surface area contributed by atoms with E-state index in [9.17, 15) is 4.79 Å². The maximum Gasteiger partial charge on any atom is 0.253 e. The standard InChI is InChI=1S/C22H30N4O/c1-24(2)20-10-8-18(9-11-20)22(27)26-13-4-7-19(16-26)21-23-12-14-25(21)15-17-5-3-6-17/h8-12,14,17,19H,3-7,13,15-16H2,1-2H3/t19-/m0/s1. The van der Waals surface area contributed by atoms with Gasteiger partial charge in [0.2, 0.25) is 0 Å². The monoisotopic (exact) mass is 366 g/mol. The quantitative estimate of drug-likeness (QED) is 0.809. The summed E-state index contributed by atoms with van der Waals surface area (Å²) >= 11 is 0. The fraction of sp³-hybridized carbons (Fsp3) is 0.545. The van der Waals surface area contributed by atoms with Crippen LogP contribution in [0.2, 0.25) is 0 Å². The molecule has 0 bridgehead atoms. The second-order valence-electron chi connectivity index (χ2n) is 8.27. The molecule has 0 N–H and O–H groups in total. The largest absolute Gasteiger partial charge is 0.378 e. The molecular weight excluding hydrogens is 336 g/mol. The summed E-state index contributed by atoms with van der Waals surface area (Å²) in [6, 6.07) is 7.91. The highest BCUT2D eigenvalue weighted by Gasteiger charge is 2.29. The molecule has 2 aliphatic rings. The number of carbonyl (C=O) groups is 1. The van der Waals surface area contributed by atoms with Crippen molar-refractivity contribution in [1.29, 1.82) is 0 Å². The lowest BCUT2D eigenvalue weighted by Crippen LogP contribution is -2.40. The van der Waals surface area contributed by atoms with E-state index in [0.29, 0.717) is 5.92 Å².